The van der Waals surface area contributed by atoms with Crippen LogP contribution in [0, 0.1) is 0 Å². The van der Waals surface area contributed by atoms with Crippen molar-refractivity contribution in [2.24, 2.45) is 0 Å². The molecule has 2 nitrogen and oxygen atoms in total. The average molecular weight is 739 g/mol. The monoisotopic (exact) mass is 738 g/mol. The molecule has 0 saturated carbocycles. The summed E-state index contributed by atoms with van der Waals surface area (Å²) in [6.07, 6.45) is 16.1. The van der Waals surface area contributed by atoms with Crippen molar-refractivity contribution in [2.45, 2.75) is 83.5 Å². The van der Waals surface area contributed by atoms with Gasteiger partial charge in [0.1, 0.15) is 0 Å². The first kappa shape index (κ1) is 34.4. The number of fused-ring (bicyclic) bond motifs is 7. The normalized spacial score (nSPS) is 18.7. The van der Waals surface area contributed by atoms with E-state index in [4.69, 9.17) is 0 Å². The highest BCUT2D eigenvalue weighted by molar-refractivity contribution is 5.98. The lowest BCUT2D eigenvalue weighted by molar-refractivity contribution is 0.555. The third kappa shape index (κ3) is 4.83. The van der Waals surface area contributed by atoms with Gasteiger partial charge in [0.15, 0.2) is 0 Å². The van der Waals surface area contributed by atoms with E-state index in [0.29, 0.717) is 0 Å². The number of benzene rings is 6. The Morgan fingerprint density at radius 3 is 2.02 bits per heavy atom. The number of para-hydroxylation sites is 1. The molecule has 0 spiro atoms. The molecule has 57 heavy (non-hydrogen) atoms. The Labute approximate surface area is 338 Å². The largest absolute Gasteiger partial charge is 0.310 e. The van der Waals surface area contributed by atoms with E-state index in [2.05, 4.69) is 197 Å². The zero-order valence-electron chi connectivity index (χ0n) is 34.1. The summed E-state index contributed by atoms with van der Waals surface area (Å²) in [7, 11) is 0. The predicted octanol–water partition coefficient (Wildman–Crippen LogP) is 14.9. The Morgan fingerprint density at radius 2 is 1.21 bits per heavy atom. The van der Waals surface area contributed by atoms with Gasteiger partial charge in [-0.3, -0.25) is 0 Å². The van der Waals surface area contributed by atoms with Gasteiger partial charge in [-0.15, -0.1) is 0 Å². The van der Waals surface area contributed by atoms with Crippen LogP contribution in [0.3, 0.4) is 0 Å². The molecule has 0 radical (unpaired) electrons. The van der Waals surface area contributed by atoms with Crippen LogP contribution < -0.4 is 9.80 Å². The second-order valence-electron chi connectivity index (χ2n) is 18.4. The van der Waals surface area contributed by atoms with Crippen LogP contribution >= 0.6 is 0 Å². The van der Waals surface area contributed by atoms with Crippen molar-refractivity contribution < 1.29 is 0 Å². The van der Waals surface area contributed by atoms with Crippen LogP contribution in [0.1, 0.15) is 95.0 Å². The summed E-state index contributed by atoms with van der Waals surface area (Å²) in [6, 6.07) is 44.2. The lowest BCUT2D eigenvalue weighted by atomic mass is 9.65. The number of rotatable bonds is 4. The third-order valence-corrected chi connectivity index (χ3v) is 14.2. The van der Waals surface area contributed by atoms with E-state index in [1.165, 1.54) is 95.0 Å². The zero-order chi connectivity index (χ0) is 38.8. The number of nitrogens with zero attached hydrogens (tertiary/aromatic N) is 2. The predicted molar refractivity (Wildman–Crippen MR) is 241 cm³/mol. The minimum absolute atomic E-state index is 0.00341. The standard InChI is InChI=1S/C55H50N2/c1-53(2)43-21-12-13-24-50(43)57-51-31-27-37(33-48(51)54(3,4)45-23-15-22-44(53)52(45)57)36-26-29-41-42-30-28-39(34-47(42)55(5,6)46(41)32-36)56(38-18-8-7-9-19-38)49-25-14-17-35-16-10-11-20-40(35)49/h8,10-11,13-20,22-34H,7,9,12,21H2,1-6H3. The second-order valence-corrected chi connectivity index (χ2v) is 18.4. The molecule has 11 rings (SSSR count). The fourth-order valence-electron chi connectivity index (χ4n) is 11.0. The molecular formula is C55H50N2. The minimum atomic E-state index is -0.169. The number of anilines is 4. The maximum Gasteiger partial charge on any atom is 0.0543 e. The van der Waals surface area contributed by atoms with Gasteiger partial charge in [-0.2, -0.15) is 0 Å². The van der Waals surface area contributed by atoms with Gasteiger partial charge in [-0.25, -0.2) is 0 Å². The first-order valence-electron chi connectivity index (χ1n) is 21.0. The van der Waals surface area contributed by atoms with E-state index in [1.807, 2.05) is 0 Å². The van der Waals surface area contributed by atoms with Gasteiger partial charge in [-0.1, -0.05) is 139 Å². The molecule has 6 aromatic rings. The van der Waals surface area contributed by atoms with Crippen molar-refractivity contribution in [3.05, 3.63) is 190 Å². The average Bonchev–Trinajstić information content (AvgIpc) is 3.46. The van der Waals surface area contributed by atoms with Crippen molar-refractivity contribution in [1.82, 2.24) is 0 Å². The maximum atomic E-state index is 2.60. The van der Waals surface area contributed by atoms with Crippen molar-refractivity contribution in [2.75, 3.05) is 9.80 Å². The van der Waals surface area contributed by atoms with Gasteiger partial charge < -0.3 is 9.80 Å². The molecule has 0 amide bonds. The van der Waals surface area contributed by atoms with Crippen LogP contribution in [-0.4, -0.2) is 0 Å². The molecule has 0 bridgehead atoms. The van der Waals surface area contributed by atoms with Crippen LogP contribution in [0.15, 0.2) is 163 Å². The van der Waals surface area contributed by atoms with Crippen molar-refractivity contribution in [3.63, 3.8) is 0 Å². The molecule has 5 aliphatic rings. The summed E-state index contributed by atoms with van der Waals surface area (Å²) in [5.41, 5.74) is 21.3. The molecule has 2 aliphatic heterocycles. The third-order valence-electron chi connectivity index (χ3n) is 14.2. The Balaban J connectivity index is 1.01. The highest BCUT2D eigenvalue weighted by Crippen LogP contribution is 2.59. The Bertz CT molecular complexity index is 2830. The number of allylic oxidation sites excluding steroid dienone is 6. The quantitative estimate of drug-likeness (QED) is 0.178. The Kier molecular flexibility index (Phi) is 7.29. The summed E-state index contributed by atoms with van der Waals surface area (Å²) in [5.74, 6) is 0. The fourth-order valence-corrected chi connectivity index (χ4v) is 11.0. The second kappa shape index (κ2) is 12.1. The summed E-state index contributed by atoms with van der Waals surface area (Å²) in [5, 5.41) is 2.52. The van der Waals surface area contributed by atoms with Crippen molar-refractivity contribution >= 4 is 33.5 Å². The number of hydrogen-bond donors (Lipinski definition) is 0. The fraction of sp³-hybridized carbons (Fsp3) is 0.236. The molecule has 0 fully saturated rings. The Morgan fingerprint density at radius 1 is 0.544 bits per heavy atom. The molecular weight excluding hydrogens is 689 g/mol. The molecule has 2 heteroatoms. The topological polar surface area (TPSA) is 6.48 Å². The van der Waals surface area contributed by atoms with Crippen LogP contribution in [0.25, 0.3) is 33.0 Å². The van der Waals surface area contributed by atoms with Crippen LogP contribution in [0.4, 0.5) is 22.7 Å². The molecule has 0 atom stereocenters. The summed E-state index contributed by atoms with van der Waals surface area (Å²) in [4.78, 5) is 5.08. The molecule has 0 saturated heterocycles. The van der Waals surface area contributed by atoms with Gasteiger partial charge in [0.05, 0.1) is 17.1 Å². The van der Waals surface area contributed by atoms with Crippen LogP contribution in [-0.2, 0) is 16.2 Å². The highest BCUT2D eigenvalue weighted by atomic mass is 15.2. The summed E-state index contributed by atoms with van der Waals surface area (Å²) in [6.45, 7) is 14.5. The molecule has 6 aromatic carbocycles. The lowest BCUT2D eigenvalue weighted by Crippen LogP contribution is -2.40. The SMILES string of the molecule is CC1(C)C2=C(C=CCC2)N2c3ccc(-c4ccc5c(c4)C(C)(C)c4cc(N(C6=CCCC=C6)c6cccc7ccccc67)ccc4-5)cc3C(C)(C)c3cccc1c32. The first-order valence-corrected chi connectivity index (χ1v) is 21.0. The molecule has 0 unspecified atom stereocenters. The van der Waals surface area contributed by atoms with E-state index in [9.17, 15) is 0 Å². The van der Waals surface area contributed by atoms with Gasteiger partial charge in [0.25, 0.3) is 0 Å². The Hall–Kier alpha value is -5.86. The maximum absolute atomic E-state index is 2.60. The smallest absolute Gasteiger partial charge is 0.0543 e. The number of hydrogen-bond acceptors (Lipinski definition) is 2. The minimum Gasteiger partial charge on any atom is -0.310 e. The molecule has 0 aromatic heterocycles. The van der Waals surface area contributed by atoms with Gasteiger partial charge in [-0.05, 0) is 135 Å². The highest BCUT2D eigenvalue weighted by Gasteiger charge is 2.46. The van der Waals surface area contributed by atoms with E-state index in [-0.39, 0.29) is 16.2 Å². The molecule has 3 aliphatic carbocycles. The molecule has 2 heterocycles. The van der Waals surface area contributed by atoms with Crippen molar-refractivity contribution in [3.8, 4) is 22.3 Å². The van der Waals surface area contributed by atoms with E-state index >= 15 is 0 Å². The van der Waals surface area contributed by atoms with Crippen LogP contribution in [0.2, 0.25) is 0 Å². The summed E-state index contributed by atoms with van der Waals surface area (Å²) < 4.78 is 0. The zero-order valence-corrected chi connectivity index (χ0v) is 34.1. The van der Waals surface area contributed by atoms with Gasteiger partial charge in [0.2, 0.25) is 0 Å². The first-order chi connectivity index (χ1) is 27.5. The summed E-state index contributed by atoms with van der Waals surface area (Å²) >= 11 is 0. The lowest BCUT2D eigenvalue weighted by Gasteiger charge is -2.50. The van der Waals surface area contributed by atoms with Crippen LogP contribution in [0.5, 0.6) is 0 Å². The van der Waals surface area contributed by atoms with Gasteiger partial charge >= 0.3 is 0 Å². The van der Waals surface area contributed by atoms with Gasteiger partial charge in [0, 0.05) is 38.7 Å². The van der Waals surface area contributed by atoms with E-state index < -0.39 is 0 Å². The molecule has 280 valence electrons. The van der Waals surface area contributed by atoms with E-state index in [1.54, 1.807) is 5.57 Å². The van der Waals surface area contributed by atoms with Crippen molar-refractivity contribution in [1.29, 1.82) is 0 Å². The van der Waals surface area contributed by atoms with E-state index in [0.717, 1.165) is 25.7 Å². The molecule has 0 N–H and O–H groups in total.